The molecule has 1 rings (SSSR count). The molecule has 0 aliphatic heterocycles. The number of rotatable bonds is 3. The van der Waals surface area contributed by atoms with Crippen LogP contribution in [0.1, 0.15) is 0 Å². The third kappa shape index (κ3) is 3.49. The molecule has 0 aromatic carbocycles. The summed E-state index contributed by atoms with van der Waals surface area (Å²) in [5, 5.41) is 12.4. The van der Waals surface area contributed by atoms with Gasteiger partial charge < -0.3 is 10.1 Å². The Hall–Kier alpha value is -0.840. The van der Waals surface area contributed by atoms with E-state index in [4.69, 9.17) is 22.5 Å². The Kier molecular flexibility index (Phi) is 3.31. The van der Waals surface area contributed by atoms with E-state index in [-0.39, 0.29) is 11.6 Å². The van der Waals surface area contributed by atoms with Gasteiger partial charge in [0, 0.05) is 12.1 Å². The van der Waals surface area contributed by atoms with Gasteiger partial charge in [0.25, 0.3) is 0 Å². The number of nitrogens with one attached hydrogen (secondary N) is 1. The maximum atomic E-state index is 10.9. The minimum atomic E-state index is -3.53. The second-order valence-electron chi connectivity index (χ2n) is 2.21. The summed E-state index contributed by atoms with van der Waals surface area (Å²) in [6.07, 6.45) is 0. The number of nitro groups is 1. The normalized spacial score (nSPS) is 11.0. The molecule has 0 atom stereocenters. The molecule has 76 valence electrons. The summed E-state index contributed by atoms with van der Waals surface area (Å²) in [4.78, 5) is 13.1. The van der Waals surface area contributed by atoms with Gasteiger partial charge in [0.2, 0.25) is 5.82 Å². The van der Waals surface area contributed by atoms with Crippen LogP contribution in [0.2, 0.25) is 0 Å². The minimum absolute atomic E-state index is 0.00691. The smallest absolute Gasteiger partial charge is 0.358 e. The first-order valence-corrected chi connectivity index (χ1v) is 6.79. The molecule has 0 unspecified atom stereocenters. The van der Waals surface area contributed by atoms with Gasteiger partial charge in [0.1, 0.15) is 0 Å². The Morgan fingerprint density at radius 1 is 1.50 bits per heavy atom. The van der Waals surface area contributed by atoms with E-state index in [1.54, 1.807) is 0 Å². The molecule has 1 aromatic rings. The highest BCUT2D eigenvalue weighted by Gasteiger charge is 2.18. The fourth-order valence-corrected chi connectivity index (χ4v) is 1.63. The average Bonchev–Trinajstić information content (AvgIpc) is 2.01. The summed E-state index contributed by atoms with van der Waals surface area (Å²) in [7, 11) is 0. The Morgan fingerprint density at radius 3 is 2.64 bits per heavy atom. The Labute approximate surface area is 88.4 Å². The molecule has 1 aromatic heterocycles. The van der Waals surface area contributed by atoms with Crippen molar-refractivity contribution in [3.8, 4) is 0 Å². The van der Waals surface area contributed by atoms with E-state index in [1.165, 1.54) is 18.2 Å². The van der Waals surface area contributed by atoms with Crippen molar-refractivity contribution in [1.82, 2.24) is 4.98 Å². The molecular weight excluding hydrogens is 252 g/mol. The minimum Gasteiger partial charge on any atom is -0.358 e. The highest BCUT2D eigenvalue weighted by atomic mass is 35.9. The topological polar surface area (TPSA) is 85.1 Å². The number of nitrogens with zero attached hydrogens (tertiary/aromatic N) is 2. The van der Waals surface area contributed by atoms with Crippen molar-refractivity contribution in [3.63, 3.8) is 0 Å². The predicted octanol–water partition coefficient (Wildman–Crippen LogP) is 2.99. The zero-order valence-electron chi connectivity index (χ0n) is 6.55. The predicted molar refractivity (Wildman–Crippen MR) is 53.8 cm³/mol. The van der Waals surface area contributed by atoms with E-state index >= 15 is 0 Å². The van der Waals surface area contributed by atoms with E-state index in [0.29, 0.717) is 0 Å². The van der Waals surface area contributed by atoms with Crippen LogP contribution in [-0.2, 0) is 4.57 Å². The summed E-state index contributed by atoms with van der Waals surface area (Å²) in [6, 6.07) is 3.93. The maximum Gasteiger partial charge on any atom is 0.365 e. The second kappa shape index (κ2) is 4.13. The van der Waals surface area contributed by atoms with Crippen LogP contribution in [0.5, 0.6) is 0 Å². The van der Waals surface area contributed by atoms with Crippen molar-refractivity contribution >= 4 is 40.1 Å². The fraction of sp³-hybridized carbons (Fsp3) is 0. The van der Waals surface area contributed by atoms with Gasteiger partial charge in [0.15, 0.2) is 0 Å². The molecule has 0 bridgehead atoms. The number of halogens is 2. The molecule has 0 fully saturated rings. The number of hydrogen-bond donors (Lipinski definition) is 1. The van der Waals surface area contributed by atoms with Gasteiger partial charge in [-0.05, 0) is 38.5 Å². The zero-order chi connectivity index (χ0) is 10.8. The first-order valence-electron chi connectivity index (χ1n) is 3.27. The molecule has 0 radical (unpaired) electrons. The van der Waals surface area contributed by atoms with Crippen LogP contribution in [0.4, 0.5) is 11.6 Å². The Morgan fingerprint density at radius 2 is 2.14 bits per heavy atom. The van der Waals surface area contributed by atoms with Crippen LogP contribution in [0, 0.1) is 10.1 Å². The van der Waals surface area contributed by atoms with Gasteiger partial charge in [-0.2, -0.15) is 0 Å². The molecule has 0 spiro atoms. The van der Waals surface area contributed by atoms with Gasteiger partial charge >= 0.3 is 11.8 Å². The van der Waals surface area contributed by atoms with Gasteiger partial charge in [-0.1, -0.05) is 0 Å². The number of anilines is 1. The molecule has 14 heavy (non-hydrogen) atoms. The third-order valence-electron chi connectivity index (χ3n) is 1.17. The quantitative estimate of drug-likeness (QED) is 0.510. The fourth-order valence-electron chi connectivity index (χ4n) is 0.721. The monoisotopic (exact) mass is 255 g/mol. The van der Waals surface area contributed by atoms with E-state index in [0.717, 1.165) is 0 Å². The van der Waals surface area contributed by atoms with Crippen LogP contribution in [0.25, 0.3) is 0 Å². The number of pyridine rings is 1. The highest BCUT2D eigenvalue weighted by Crippen LogP contribution is 2.55. The highest BCUT2D eigenvalue weighted by molar-refractivity contribution is 8.09. The Balaban J connectivity index is 2.95. The van der Waals surface area contributed by atoms with Gasteiger partial charge in [0.05, 0.1) is 0 Å². The number of aromatic nitrogens is 1. The molecule has 9 heteroatoms. The molecule has 0 amide bonds. The number of hydrogen-bond acceptors (Lipinski definition) is 4. The summed E-state index contributed by atoms with van der Waals surface area (Å²) in [5.41, 5.74) is 0. The largest absolute Gasteiger partial charge is 0.365 e. The first kappa shape index (κ1) is 11.2. The SMILES string of the molecule is O=[N+]([O-])c1cccc(NP(=O)(Cl)Cl)n1. The van der Waals surface area contributed by atoms with Crippen LogP contribution < -0.4 is 5.09 Å². The second-order valence-corrected chi connectivity index (χ2v) is 6.74. The van der Waals surface area contributed by atoms with Crippen molar-refractivity contribution in [3.05, 3.63) is 28.3 Å². The average molecular weight is 256 g/mol. The first-order chi connectivity index (χ1) is 6.38. The van der Waals surface area contributed by atoms with Crippen LogP contribution >= 0.6 is 28.5 Å². The van der Waals surface area contributed by atoms with Crippen LogP contribution in [0.3, 0.4) is 0 Å². The summed E-state index contributed by atoms with van der Waals surface area (Å²) < 4.78 is 10.9. The molecule has 1 heterocycles. The van der Waals surface area contributed by atoms with Crippen molar-refractivity contribution in [2.75, 3.05) is 5.09 Å². The molecular formula is C5H4Cl2N3O3P. The van der Waals surface area contributed by atoms with Gasteiger partial charge in [-0.15, -0.1) is 0 Å². The van der Waals surface area contributed by atoms with Crippen molar-refractivity contribution in [2.24, 2.45) is 0 Å². The summed E-state index contributed by atoms with van der Waals surface area (Å²) >= 11 is 10.4. The van der Waals surface area contributed by atoms with Crippen molar-refractivity contribution in [1.29, 1.82) is 0 Å². The lowest BCUT2D eigenvalue weighted by Gasteiger charge is -2.01. The zero-order valence-corrected chi connectivity index (χ0v) is 8.96. The molecule has 0 saturated carbocycles. The standard InChI is InChI=1S/C5H4Cl2N3O3P/c6-14(7,13)9-4-2-1-3-5(8-4)10(11)12/h1-3H,(H,8,9,13). The molecule has 0 aliphatic carbocycles. The summed E-state index contributed by atoms with van der Waals surface area (Å²) in [6.45, 7) is 0. The lowest BCUT2D eigenvalue weighted by Crippen LogP contribution is -1.95. The van der Waals surface area contributed by atoms with Crippen molar-refractivity contribution < 1.29 is 9.49 Å². The Bertz CT molecular complexity index is 407. The van der Waals surface area contributed by atoms with Crippen molar-refractivity contribution in [2.45, 2.75) is 0 Å². The van der Waals surface area contributed by atoms with E-state index < -0.39 is 10.9 Å². The van der Waals surface area contributed by atoms with Crippen LogP contribution in [0.15, 0.2) is 18.2 Å². The lowest BCUT2D eigenvalue weighted by atomic mass is 10.4. The maximum absolute atomic E-state index is 10.9. The molecule has 6 nitrogen and oxygen atoms in total. The molecule has 0 saturated heterocycles. The third-order valence-corrected chi connectivity index (χ3v) is 2.16. The van der Waals surface area contributed by atoms with Crippen LogP contribution in [-0.4, -0.2) is 9.91 Å². The van der Waals surface area contributed by atoms with E-state index in [2.05, 4.69) is 10.1 Å². The summed E-state index contributed by atoms with van der Waals surface area (Å²) in [5.74, 6) is -3.91. The lowest BCUT2D eigenvalue weighted by molar-refractivity contribution is -0.389. The molecule has 1 N–H and O–H groups in total. The van der Waals surface area contributed by atoms with E-state index in [1.807, 2.05) is 0 Å². The van der Waals surface area contributed by atoms with E-state index in [9.17, 15) is 14.7 Å². The molecule has 0 aliphatic rings. The van der Waals surface area contributed by atoms with Gasteiger partial charge in [-0.3, -0.25) is 9.65 Å². The van der Waals surface area contributed by atoms with Gasteiger partial charge in [-0.25, -0.2) is 0 Å².